The minimum atomic E-state index is -0.561. The summed E-state index contributed by atoms with van der Waals surface area (Å²) < 4.78 is 18.9. The molecule has 1 aromatic rings. The van der Waals surface area contributed by atoms with Crippen LogP contribution >= 0.6 is 15.9 Å². The number of halogens is 2. The smallest absolute Gasteiger partial charge is 0.126 e. The van der Waals surface area contributed by atoms with Gasteiger partial charge in [-0.1, -0.05) is 15.9 Å². The van der Waals surface area contributed by atoms with Gasteiger partial charge in [0, 0.05) is 24.6 Å². The van der Waals surface area contributed by atoms with Gasteiger partial charge in [-0.05, 0) is 30.2 Å². The van der Waals surface area contributed by atoms with Crippen molar-refractivity contribution in [2.45, 2.75) is 18.9 Å². The van der Waals surface area contributed by atoms with Gasteiger partial charge in [-0.2, -0.15) is 0 Å². The van der Waals surface area contributed by atoms with Crippen molar-refractivity contribution in [2.24, 2.45) is 0 Å². The maximum atomic E-state index is 13.3. The Hall–Kier alpha value is -0.450. The van der Waals surface area contributed by atoms with Gasteiger partial charge in [0.05, 0.1) is 6.10 Å². The van der Waals surface area contributed by atoms with Gasteiger partial charge in [0.2, 0.25) is 0 Å². The van der Waals surface area contributed by atoms with Crippen molar-refractivity contribution in [3.63, 3.8) is 0 Å². The van der Waals surface area contributed by atoms with E-state index >= 15 is 0 Å². The fourth-order valence-corrected chi connectivity index (χ4v) is 1.72. The molecular weight excluding hydrogens is 263 g/mol. The molecule has 0 aliphatic carbocycles. The van der Waals surface area contributed by atoms with E-state index in [2.05, 4.69) is 15.9 Å². The van der Waals surface area contributed by atoms with E-state index in [9.17, 15) is 9.50 Å². The van der Waals surface area contributed by atoms with Gasteiger partial charge in [0.1, 0.15) is 5.82 Å². The Kier molecular flexibility index (Phi) is 5.22. The van der Waals surface area contributed by atoms with E-state index in [1.165, 1.54) is 6.07 Å². The third-order valence-corrected chi connectivity index (χ3v) is 2.61. The number of aliphatic hydroxyl groups is 1. The Balaban J connectivity index is 2.59. The lowest BCUT2D eigenvalue weighted by Crippen LogP contribution is -2.14. The molecule has 1 N–H and O–H groups in total. The maximum Gasteiger partial charge on any atom is 0.126 e. The van der Waals surface area contributed by atoms with Crippen LogP contribution < -0.4 is 0 Å². The molecule has 15 heavy (non-hydrogen) atoms. The van der Waals surface area contributed by atoms with E-state index < -0.39 is 6.10 Å². The molecule has 1 aromatic carbocycles. The van der Waals surface area contributed by atoms with Gasteiger partial charge in [-0.15, -0.1) is 0 Å². The van der Waals surface area contributed by atoms with Crippen LogP contribution in [-0.4, -0.2) is 24.9 Å². The van der Waals surface area contributed by atoms with Crippen molar-refractivity contribution in [3.8, 4) is 0 Å². The SMILES string of the molecule is COCCC(O)Cc1cc(Br)ccc1F. The van der Waals surface area contributed by atoms with Gasteiger partial charge in [0.25, 0.3) is 0 Å². The third-order valence-electron chi connectivity index (χ3n) is 2.12. The summed E-state index contributed by atoms with van der Waals surface area (Å²) in [5.41, 5.74) is 0.521. The molecule has 0 aliphatic rings. The Morgan fingerprint density at radius 3 is 2.93 bits per heavy atom. The number of hydrogen-bond donors (Lipinski definition) is 1. The molecule has 0 fully saturated rings. The van der Waals surface area contributed by atoms with Crippen molar-refractivity contribution >= 4 is 15.9 Å². The van der Waals surface area contributed by atoms with Crippen molar-refractivity contribution in [1.29, 1.82) is 0 Å². The monoisotopic (exact) mass is 276 g/mol. The number of rotatable bonds is 5. The Labute approximate surface area is 97.2 Å². The fourth-order valence-electron chi connectivity index (χ4n) is 1.31. The van der Waals surface area contributed by atoms with Gasteiger partial charge in [-0.25, -0.2) is 4.39 Å². The van der Waals surface area contributed by atoms with Crippen LogP contribution in [0.1, 0.15) is 12.0 Å². The summed E-state index contributed by atoms with van der Waals surface area (Å²) in [4.78, 5) is 0. The van der Waals surface area contributed by atoms with Crippen LogP contribution in [0.5, 0.6) is 0 Å². The molecule has 4 heteroatoms. The molecule has 0 heterocycles. The quantitative estimate of drug-likeness (QED) is 0.896. The highest BCUT2D eigenvalue weighted by molar-refractivity contribution is 9.10. The fraction of sp³-hybridized carbons (Fsp3) is 0.455. The largest absolute Gasteiger partial charge is 0.393 e. The highest BCUT2D eigenvalue weighted by Gasteiger charge is 2.09. The van der Waals surface area contributed by atoms with E-state index in [0.717, 1.165) is 4.47 Å². The highest BCUT2D eigenvalue weighted by atomic mass is 79.9. The molecule has 0 radical (unpaired) electrons. The third kappa shape index (κ3) is 4.28. The Morgan fingerprint density at radius 2 is 2.27 bits per heavy atom. The van der Waals surface area contributed by atoms with Crippen LogP contribution in [0.3, 0.4) is 0 Å². The summed E-state index contributed by atoms with van der Waals surface area (Å²) in [7, 11) is 1.58. The zero-order valence-electron chi connectivity index (χ0n) is 8.54. The number of benzene rings is 1. The number of methoxy groups -OCH3 is 1. The topological polar surface area (TPSA) is 29.5 Å². The van der Waals surface area contributed by atoms with E-state index in [-0.39, 0.29) is 5.82 Å². The summed E-state index contributed by atoms with van der Waals surface area (Å²) in [5, 5.41) is 9.59. The van der Waals surface area contributed by atoms with E-state index in [0.29, 0.717) is 25.0 Å². The molecule has 0 bridgehead atoms. The minimum absolute atomic E-state index is 0.283. The minimum Gasteiger partial charge on any atom is -0.393 e. The normalized spacial score (nSPS) is 12.8. The first kappa shape index (κ1) is 12.6. The molecule has 1 rings (SSSR count). The van der Waals surface area contributed by atoms with Crippen molar-refractivity contribution < 1.29 is 14.2 Å². The first-order chi connectivity index (χ1) is 7.13. The van der Waals surface area contributed by atoms with Gasteiger partial charge in [0.15, 0.2) is 0 Å². The lowest BCUT2D eigenvalue weighted by molar-refractivity contribution is 0.109. The summed E-state index contributed by atoms with van der Waals surface area (Å²) in [6.45, 7) is 0.483. The summed E-state index contributed by atoms with van der Waals surface area (Å²) >= 11 is 3.27. The summed E-state index contributed by atoms with van der Waals surface area (Å²) in [6, 6.07) is 4.72. The molecule has 0 aliphatic heterocycles. The van der Waals surface area contributed by atoms with Crippen LogP contribution in [0.4, 0.5) is 4.39 Å². The average molecular weight is 277 g/mol. The van der Waals surface area contributed by atoms with Gasteiger partial charge in [-0.3, -0.25) is 0 Å². The predicted octanol–water partition coefficient (Wildman–Crippen LogP) is 2.53. The van der Waals surface area contributed by atoms with Gasteiger partial charge < -0.3 is 9.84 Å². The second-order valence-electron chi connectivity index (χ2n) is 3.38. The summed E-state index contributed by atoms with van der Waals surface area (Å²) in [5.74, 6) is -0.283. The number of ether oxygens (including phenoxy) is 1. The molecule has 0 aromatic heterocycles. The van der Waals surface area contributed by atoms with Crippen LogP contribution in [0.2, 0.25) is 0 Å². The Bertz CT molecular complexity index is 317. The first-order valence-electron chi connectivity index (χ1n) is 4.74. The molecule has 1 atom stereocenters. The van der Waals surface area contributed by atoms with Crippen LogP contribution in [-0.2, 0) is 11.2 Å². The summed E-state index contributed by atoms with van der Waals surface area (Å²) in [6.07, 6.45) is 0.269. The van der Waals surface area contributed by atoms with Crippen molar-refractivity contribution in [2.75, 3.05) is 13.7 Å². The van der Waals surface area contributed by atoms with Crippen LogP contribution in [0, 0.1) is 5.82 Å². The molecule has 1 unspecified atom stereocenters. The van der Waals surface area contributed by atoms with Crippen molar-refractivity contribution in [1.82, 2.24) is 0 Å². The molecular formula is C11H14BrFO2. The lowest BCUT2D eigenvalue weighted by atomic mass is 10.1. The number of aliphatic hydroxyl groups excluding tert-OH is 1. The molecule has 0 amide bonds. The molecule has 0 spiro atoms. The van der Waals surface area contributed by atoms with E-state index in [1.54, 1.807) is 19.2 Å². The average Bonchev–Trinajstić information content (AvgIpc) is 2.20. The second kappa shape index (κ2) is 6.20. The van der Waals surface area contributed by atoms with Gasteiger partial charge >= 0.3 is 0 Å². The Morgan fingerprint density at radius 1 is 1.53 bits per heavy atom. The molecule has 84 valence electrons. The molecule has 0 saturated carbocycles. The highest BCUT2D eigenvalue weighted by Crippen LogP contribution is 2.17. The van der Waals surface area contributed by atoms with E-state index in [1.807, 2.05) is 0 Å². The van der Waals surface area contributed by atoms with E-state index in [4.69, 9.17) is 4.74 Å². The lowest BCUT2D eigenvalue weighted by Gasteiger charge is -2.10. The molecule has 2 nitrogen and oxygen atoms in total. The standard InChI is InChI=1S/C11H14BrFO2/c1-15-5-4-10(14)7-8-6-9(12)2-3-11(8)13/h2-3,6,10,14H,4-5,7H2,1H3. The van der Waals surface area contributed by atoms with Crippen LogP contribution in [0.15, 0.2) is 22.7 Å². The predicted molar refractivity (Wildman–Crippen MR) is 60.3 cm³/mol. The zero-order valence-corrected chi connectivity index (χ0v) is 10.1. The second-order valence-corrected chi connectivity index (χ2v) is 4.29. The molecule has 0 saturated heterocycles. The first-order valence-corrected chi connectivity index (χ1v) is 5.53. The number of hydrogen-bond acceptors (Lipinski definition) is 2. The maximum absolute atomic E-state index is 13.3. The zero-order chi connectivity index (χ0) is 11.3. The van der Waals surface area contributed by atoms with Crippen LogP contribution in [0.25, 0.3) is 0 Å². The van der Waals surface area contributed by atoms with Crippen molar-refractivity contribution in [3.05, 3.63) is 34.1 Å².